The van der Waals surface area contributed by atoms with Gasteiger partial charge in [0.05, 0.1) is 0 Å². The van der Waals surface area contributed by atoms with Crippen LogP contribution in [0.3, 0.4) is 0 Å². The average Bonchev–Trinajstić information content (AvgIpc) is 2.47. The van der Waals surface area contributed by atoms with Gasteiger partial charge in [-0.1, -0.05) is 13.0 Å². The van der Waals surface area contributed by atoms with Crippen molar-refractivity contribution in [3.05, 3.63) is 59.2 Å². The summed E-state index contributed by atoms with van der Waals surface area (Å²) in [6.45, 7) is 4.98. The lowest BCUT2D eigenvalue weighted by molar-refractivity contribution is 0.150. The van der Waals surface area contributed by atoms with Gasteiger partial charge in [0.2, 0.25) is 0 Å². The minimum atomic E-state index is -0.271. The molecule has 2 unspecified atom stereocenters. The Morgan fingerprint density at radius 1 is 1.33 bits per heavy atom. The molecule has 1 aliphatic rings. The first-order valence-corrected chi connectivity index (χ1v) is 7.29. The molecule has 2 heterocycles. The fourth-order valence-corrected chi connectivity index (χ4v) is 2.88. The molecular weight excluding hydrogens is 267 g/mol. The van der Waals surface area contributed by atoms with Gasteiger partial charge in [-0.25, -0.2) is 4.39 Å². The number of aryl methyl sites for hydroxylation is 1. The topological polar surface area (TPSA) is 34.2 Å². The van der Waals surface area contributed by atoms with Gasteiger partial charge in [0.15, 0.2) is 0 Å². The van der Waals surface area contributed by atoms with E-state index in [9.17, 15) is 4.39 Å². The van der Waals surface area contributed by atoms with E-state index >= 15 is 0 Å². The highest BCUT2D eigenvalue weighted by atomic mass is 19.1. The maximum atomic E-state index is 13.5. The fraction of sp³-hybridized carbons (Fsp3) is 0.353. The molecule has 1 N–H and O–H groups in total. The van der Waals surface area contributed by atoms with Crippen LogP contribution in [0.2, 0.25) is 0 Å². The number of nitrogens with one attached hydrogen (secondary N) is 1. The van der Waals surface area contributed by atoms with Crippen LogP contribution in [-0.4, -0.2) is 11.5 Å². The molecule has 0 spiro atoms. The van der Waals surface area contributed by atoms with Gasteiger partial charge in [-0.15, -0.1) is 0 Å². The highest BCUT2D eigenvalue weighted by Gasteiger charge is 2.30. The zero-order valence-corrected chi connectivity index (χ0v) is 12.3. The van der Waals surface area contributed by atoms with Crippen molar-refractivity contribution in [2.45, 2.75) is 32.4 Å². The maximum absolute atomic E-state index is 13.5. The summed E-state index contributed by atoms with van der Waals surface area (Å²) in [7, 11) is 0. The van der Waals surface area contributed by atoms with Crippen molar-refractivity contribution in [2.75, 3.05) is 6.54 Å². The molecule has 4 heteroatoms. The summed E-state index contributed by atoms with van der Waals surface area (Å²) in [5, 5.41) is 3.46. The fourth-order valence-electron chi connectivity index (χ4n) is 2.88. The molecule has 0 saturated heterocycles. The van der Waals surface area contributed by atoms with Crippen LogP contribution in [0, 0.1) is 12.7 Å². The largest absolute Gasteiger partial charge is 0.485 e. The van der Waals surface area contributed by atoms with Crippen LogP contribution in [0.25, 0.3) is 0 Å². The molecule has 21 heavy (non-hydrogen) atoms. The molecule has 1 aromatic carbocycles. The maximum Gasteiger partial charge on any atom is 0.127 e. The number of aromatic nitrogens is 1. The number of nitrogens with zero attached hydrogens (tertiary/aromatic N) is 1. The summed E-state index contributed by atoms with van der Waals surface area (Å²) in [4.78, 5) is 4.19. The van der Waals surface area contributed by atoms with E-state index in [0.29, 0.717) is 5.75 Å². The number of hydrogen-bond donors (Lipinski definition) is 1. The molecule has 3 rings (SSSR count). The van der Waals surface area contributed by atoms with Crippen LogP contribution >= 0.6 is 0 Å². The molecule has 0 radical (unpaired) electrons. The third kappa shape index (κ3) is 2.76. The lowest BCUT2D eigenvalue weighted by atomic mass is 9.92. The minimum absolute atomic E-state index is 0.1000. The van der Waals surface area contributed by atoms with Crippen molar-refractivity contribution < 1.29 is 9.13 Å². The van der Waals surface area contributed by atoms with Gasteiger partial charge in [-0.3, -0.25) is 4.98 Å². The second kappa shape index (κ2) is 5.82. The van der Waals surface area contributed by atoms with E-state index in [-0.39, 0.29) is 18.0 Å². The van der Waals surface area contributed by atoms with Gasteiger partial charge in [-0.05, 0) is 31.2 Å². The predicted molar refractivity (Wildman–Crippen MR) is 79.8 cm³/mol. The first-order valence-electron chi connectivity index (χ1n) is 7.29. The Balaban J connectivity index is 1.98. The number of rotatable bonds is 3. The minimum Gasteiger partial charge on any atom is -0.485 e. The quantitative estimate of drug-likeness (QED) is 0.934. The van der Waals surface area contributed by atoms with E-state index in [0.717, 1.165) is 29.7 Å². The van der Waals surface area contributed by atoms with E-state index < -0.39 is 0 Å². The van der Waals surface area contributed by atoms with E-state index in [4.69, 9.17) is 4.74 Å². The Labute approximate surface area is 124 Å². The smallest absolute Gasteiger partial charge is 0.127 e. The molecule has 0 saturated carbocycles. The van der Waals surface area contributed by atoms with E-state index in [2.05, 4.69) is 17.2 Å². The van der Waals surface area contributed by atoms with Crippen molar-refractivity contribution in [2.24, 2.45) is 0 Å². The summed E-state index contributed by atoms with van der Waals surface area (Å²) in [6, 6.07) is 6.91. The molecule has 110 valence electrons. The van der Waals surface area contributed by atoms with Gasteiger partial charge < -0.3 is 10.1 Å². The van der Waals surface area contributed by atoms with Gasteiger partial charge in [-0.2, -0.15) is 0 Å². The number of benzene rings is 1. The van der Waals surface area contributed by atoms with Crippen LogP contribution in [-0.2, 0) is 0 Å². The zero-order valence-electron chi connectivity index (χ0n) is 12.3. The molecule has 3 nitrogen and oxygen atoms in total. The summed E-state index contributed by atoms with van der Waals surface area (Å²) >= 11 is 0. The van der Waals surface area contributed by atoms with Crippen LogP contribution in [0.15, 0.2) is 36.7 Å². The number of halogens is 1. The standard InChI is InChI=1S/C17H19FN2O/c1-3-20-15-9-17(14-10-19-7-6-11(14)2)21-16-8-12(18)4-5-13(15)16/h4-8,10,15,17,20H,3,9H2,1-2H3. The van der Waals surface area contributed by atoms with E-state index in [1.54, 1.807) is 6.20 Å². The van der Waals surface area contributed by atoms with E-state index in [1.165, 1.54) is 12.1 Å². The van der Waals surface area contributed by atoms with Crippen molar-refractivity contribution in [3.8, 4) is 5.75 Å². The molecule has 0 aliphatic carbocycles. The third-order valence-electron chi connectivity index (χ3n) is 3.95. The summed E-state index contributed by atoms with van der Waals surface area (Å²) in [6.07, 6.45) is 4.33. The van der Waals surface area contributed by atoms with Gasteiger partial charge in [0.1, 0.15) is 17.7 Å². The highest BCUT2D eigenvalue weighted by Crippen LogP contribution is 2.41. The zero-order chi connectivity index (χ0) is 14.8. The van der Waals surface area contributed by atoms with Crippen LogP contribution in [0.1, 0.15) is 42.2 Å². The van der Waals surface area contributed by atoms with Gasteiger partial charge in [0.25, 0.3) is 0 Å². The normalized spacial score (nSPS) is 20.7. The number of pyridine rings is 1. The van der Waals surface area contributed by atoms with Crippen LogP contribution in [0.4, 0.5) is 4.39 Å². The lowest BCUT2D eigenvalue weighted by Crippen LogP contribution is -2.29. The van der Waals surface area contributed by atoms with Crippen molar-refractivity contribution >= 4 is 0 Å². The monoisotopic (exact) mass is 286 g/mol. The average molecular weight is 286 g/mol. The van der Waals surface area contributed by atoms with Gasteiger partial charge >= 0.3 is 0 Å². The first kappa shape index (κ1) is 14.0. The Bertz CT molecular complexity index is 644. The van der Waals surface area contributed by atoms with Crippen molar-refractivity contribution in [1.82, 2.24) is 10.3 Å². The summed E-state index contributed by atoms with van der Waals surface area (Å²) in [5.74, 6) is 0.355. The molecule has 2 atom stereocenters. The number of ether oxygens (including phenoxy) is 1. The predicted octanol–water partition coefficient (Wildman–Crippen LogP) is 3.70. The Morgan fingerprint density at radius 3 is 2.95 bits per heavy atom. The molecule has 0 bridgehead atoms. The first-order chi connectivity index (χ1) is 10.2. The van der Waals surface area contributed by atoms with E-state index in [1.807, 2.05) is 25.3 Å². The van der Waals surface area contributed by atoms with Crippen LogP contribution < -0.4 is 10.1 Å². The number of fused-ring (bicyclic) bond motifs is 1. The van der Waals surface area contributed by atoms with Gasteiger partial charge in [0, 0.05) is 42.0 Å². The molecule has 1 aromatic heterocycles. The molecular formula is C17H19FN2O. The second-order valence-electron chi connectivity index (χ2n) is 5.37. The SMILES string of the molecule is CCNC1CC(c2cnccc2C)Oc2cc(F)ccc21. The number of hydrogen-bond acceptors (Lipinski definition) is 3. The second-order valence-corrected chi connectivity index (χ2v) is 5.37. The summed E-state index contributed by atoms with van der Waals surface area (Å²) in [5.41, 5.74) is 3.23. The van der Waals surface area contributed by atoms with Crippen LogP contribution in [0.5, 0.6) is 5.75 Å². The highest BCUT2D eigenvalue weighted by molar-refractivity contribution is 5.40. The Morgan fingerprint density at radius 2 is 2.19 bits per heavy atom. The van der Waals surface area contributed by atoms with Crippen molar-refractivity contribution in [1.29, 1.82) is 0 Å². The third-order valence-corrected chi connectivity index (χ3v) is 3.95. The molecule has 0 fully saturated rings. The Hall–Kier alpha value is -1.94. The molecule has 1 aliphatic heterocycles. The molecule has 0 amide bonds. The molecule has 2 aromatic rings. The van der Waals surface area contributed by atoms with Crippen molar-refractivity contribution in [3.63, 3.8) is 0 Å². The lowest BCUT2D eigenvalue weighted by Gasteiger charge is -2.33. The summed E-state index contributed by atoms with van der Waals surface area (Å²) < 4.78 is 19.5. The Kier molecular flexibility index (Phi) is 3.88.